The molecule has 1 heterocycles. The van der Waals surface area contributed by atoms with Crippen LogP contribution in [-0.2, 0) is 24.3 Å². The minimum Gasteiger partial charge on any atom is -0.454 e. The molecule has 0 saturated heterocycles. The number of hydrogen-bond acceptors (Lipinski definition) is 7. The molecule has 1 aliphatic heterocycles. The van der Waals surface area contributed by atoms with Crippen LogP contribution in [0.4, 0.5) is 5.69 Å². The van der Waals surface area contributed by atoms with Crippen LogP contribution in [0.2, 0.25) is 0 Å². The van der Waals surface area contributed by atoms with Gasteiger partial charge in [0.05, 0.1) is 16.0 Å². The molecular weight excluding hydrogens is 438 g/mol. The summed E-state index contributed by atoms with van der Waals surface area (Å²) in [6, 6.07) is 10.1. The van der Waals surface area contributed by atoms with Crippen molar-refractivity contribution in [3.8, 4) is 0 Å². The summed E-state index contributed by atoms with van der Waals surface area (Å²) in [5, 5.41) is 7.46. The molecule has 11 heteroatoms. The number of sulfonamides is 1. The smallest absolute Gasteiger partial charge is 0.330 e. The third-order valence-corrected chi connectivity index (χ3v) is 5.72. The SMILES string of the molecule is CC(C)[C@@H](C(=O)OCC(=O)Nc1ccc(S(N)(=O)=O)cc1)N1C(=O)c2ccccc2C1=O. The van der Waals surface area contributed by atoms with Gasteiger partial charge in [-0.3, -0.25) is 19.3 Å². The van der Waals surface area contributed by atoms with Crippen LogP contribution >= 0.6 is 0 Å². The van der Waals surface area contributed by atoms with Crippen LogP contribution in [0.1, 0.15) is 34.6 Å². The maximum absolute atomic E-state index is 12.7. The predicted octanol–water partition coefficient (Wildman–Crippen LogP) is 1.14. The number of benzene rings is 2. The molecule has 0 fully saturated rings. The van der Waals surface area contributed by atoms with Gasteiger partial charge in [0.25, 0.3) is 17.7 Å². The zero-order valence-corrected chi connectivity index (χ0v) is 18.1. The van der Waals surface area contributed by atoms with Crippen molar-refractivity contribution in [3.05, 3.63) is 59.7 Å². The van der Waals surface area contributed by atoms with Crippen molar-refractivity contribution in [3.63, 3.8) is 0 Å². The number of carbonyl (C=O) groups is 4. The molecule has 3 N–H and O–H groups in total. The topological polar surface area (TPSA) is 153 Å². The van der Waals surface area contributed by atoms with Crippen molar-refractivity contribution >= 4 is 39.4 Å². The lowest BCUT2D eigenvalue weighted by atomic mass is 10.0. The highest BCUT2D eigenvalue weighted by molar-refractivity contribution is 7.89. The summed E-state index contributed by atoms with van der Waals surface area (Å²) in [7, 11) is -3.87. The van der Waals surface area contributed by atoms with Crippen LogP contribution < -0.4 is 10.5 Å². The summed E-state index contributed by atoms with van der Waals surface area (Å²) in [5.74, 6) is -3.24. The fourth-order valence-electron chi connectivity index (χ4n) is 3.28. The molecule has 0 radical (unpaired) electrons. The number of anilines is 1. The number of esters is 1. The largest absolute Gasteiger partial charge is 0.454 e. The van der Waals surface area contributed by atoms with Gasteiger partial charge in [-0.15, -0.1) is 0 Å². The Morgan fingerprint density at radius 2 is 1.53 bits per heavy atom. The first-order valence-electron chi connectivity index (χ1n) is 9.57. The first-order valence-corrected chi connectivity index (χ1v) is 11.1. The number of amides is 3. The van der Waals surface area contributed by atoms with Gasteiger partial charge in [0.2, 0.25) is 10.0 Å². The van der Waals surface area contributed by atoms with Crippen molar-refractivity contribution in [1.29, 1.82) is 0 Å². The number of imide groups is 1. The van der Waals surface area contributed by atoms with Crippen LogP contribution in [0.3, 0.4) is 0 Å². The van der Waals surface area contributed by atoms with E-state index in [1.807, 2.05) is 0 Å². The minimum absolute atomic E-state index is 0.123. The Morgan fingerprint density at radius 3 is 2.00 bits per heavy atom. The van der Waals surface area contributed by atoms with Gasteiger partial charge < -0.3 is 10.1 Å². The molecule has 0 saturated carbocycles. The molecule has 2 aromatic rings. The van der Waals surface area contributed by atoms with Gasteiger partial charge in [-0.1, -0.05) is 26.0 Å². The summed E-state index contributed by atoms with van der Waals surface area (Å²) in [6.45, 7) is 2.65. The van der Waals surface area contributed by atoms with Gasteiger partial charge in [0, 0.05) is 5.69 Å². The number of carbonyl (C=O) groups excluding carboxylic acids is 4. The summed E-state index contributed by atoms with van der Waals surface area (Å²) >= 11 is 0. The highest BCUT2D eigenvalue weighted by Crippen LogP contribution is 2.27. The fourth-order valence-corrected chi connectivity index (χ4v) is 3.80. The lowest BCUT2D eigenvalue weighted by Crippen LogP contribution is -2.49. The van der Waals surface area contributed by atoms with E-state index < -0.39 is 52.3 Å². The van der Waals surface area contributed by atoms with Crippen LogP contribution in [0, 0.1) is 5.92 Å². The maximum Gasteiger partial charge on any atom is 0.330 e. The molecule has 1 aliphatic rings. The third-order valence-electron chi connectivity index (χ3n) is 4.79. The van der Waals surface area contributed by atoms with Crippen molar-refractivity contribution in [1.82, 2.24) is 4.90 Å². The molecule has 32 heavy (non-hydrogen) atoms. The van der Waals surface area contributed by atoms with E-state index in [4.69, 9.17) is 9.88 Å². The molecule has 1 atom stereocenters. The zero-order valence-electron chi connectivity index (χ0n) is 17.3. The van der Waals surface area contributed by atoms with Crippen LogP contribution in [0.25, 0.3) is 0 Å². The number of hydrogen-bond donors (Lipinski definition) is 2. The Bertz CT molecular complexity index is 1160. The summed E-state index contributed by atoms with van der Waals surface area (Å²) < 4.78 is 27.6. The van der Waals surface area contributed by atoms with Gasteiger partial charge in [-0.05, 0) is 42.3 Å². The van der Waals surface area contributed by atoms with E-state index in [2.05, 4.69) is 5.32 Å². The molecule has 10 nitrogen and oxygen atoms in total. The molecule has 2 aromatic carbocycles. The van der Waals surface area contributed by atoms with Crippen LogP contribution in [-0.4, -0.2) is 49.7 Å². The van der Waals surface area contributed by atoms with E-state index in [1.165, 1.54) is 36.4 Å². The van der Waals surface area contributed by atoms with E-state index in [-0.39, 0.29) is 21.7 Å². The lowest BCUT2D eigenvalue weighted by molar-refractivity contribution is -0.152. The Kier molecular flexibility index (Phi) is 6.42. The quantitative estimate of drug-likeness (QED) is 0.465. The van der Waals surface area contributed by atoms with Gasteiger partial charge in [0.1, 0.15) is 6.04 Å². The molecule has 3 amide bonds. The number of rotatable bonds is 7. The molecular formula is C21H21N3O7S. The van der Waals surface area contributed by atoms with E-state index in [9.17, 15) is 27.6 Å². The Labute approximate surface area is 184 Å². The van der Waals surface area contributed by atoms with Crippen molar-refractivity contribution in [2.75, 3.05) is 11.9 Å². The molecule has 0 spiro atoms. The molecule has 168 valence electrons. The zero-order chi connectivity index (χ0) is 23.6. The highest BCUT2D eigenvalue weighted by Gasteiger charge is 2.44. The average Bonchev–Trinajstić information content (AvgIpc) is 2.97. The molecule has 0 aliphatic carbocycles. The monoisotopic (exact) mass is 459 g/mol. The number of nitrogens with zero attached hydrogens (tertiary/aromatic N) is 1. The number of ether oxygens (including phenoxy) is 1. The fraction of sp³-hybridized carbons (Fsp3) is 0.238. The first kappa shape index (κ1) is 23.1. The van der Waals surface area contributed by atoms with E-state index in [0.29, 0.717) is 0 Å². The number of nitrogens with two attached hydrogens (primary N) is 1. The van der Waals surface area contributed by atoms with Crippen molar-refractivity contribution in [2.45, 2.75) is 24.8 Å². The van der Waals surface area contributed by atoms with Crippen molar-refractivity contribution < 1.29 is 32.3 Å². The van der Waals surface area contributed by atoms with E-state index in [1.54, 1.807) is 26.0 Å². The molecule has 3 rings (SSSR count). The second kappa shape index (κ2) is 8.89. The van der Waals surface area contributed by atoms with Gasteiger partial charge in [0.15, 0.2) is 6.61 Å². The number of fused-ring (bicyclic) bond motifs is 1. The Morgan fingerprint density at radius 1 is 1.00 bits per heavy atom. The van der Waals surface area contributed by atoms with Crippen LogP contribution in [0.15, 0.2) is 53.4 Å². The standard InChI is InChI=1S/C21H21N3O7S/c1-12(2)18(24-19(26)15-5-3-4-6-16(15)20(24)27)21(28)31-11-17(25)23-13-7-9-14(10-8-13)32(22,29)30/h3-10,12,18H,11H2,1-2H3,(H,23,25)(H2,22,29,30)/t18-/m0/s1. The minimum atomic E-state index is -3.87. The van der Waals surface area contributed by atoms with Gasteiger partial charge in [-0.2, -0.15) is 0 Å². The van der Waals surface area contributed by atoms with E-state index in [0.717, 1.165) is 4.90 Å². The Hall–Kier alpha value is -3.57. The third kappa shape index (κ3) is 4.68. The maximum atomic E-state index is 12.7. The number of nitrogens with one attached hydrogen (secondary N) is 1. The molecule has 0 unspecified atom stereocenters. The van der Waals surface area contributed by atoms with Crippen molar-refractivity contribution in [2.24, 2.45) is 11.1 Å². The van der Waals surface area contributed by atoms with E-state index >= 15 is 0 Å². The summed E-state index contributed by atoms with van der Waals surface area (Å²) in [5.41, 5.74) is 0.674. The second-order valence-corrected chi connectivity index (χ2v) is 9.00. The number of primary sulfonamides is 1. The summed E-state index contributed by atoms with van der Waals surface area (Å²) in [4.78, 5) is 51.0. The van der Waals surface area contributed by atoms with Crippen LogP contribution in [0.5, 0.6) is 0 Å². The van der Waals surface area contributed by atoms with Gasteiger partial charge in [-0.25, -0.2) is 18.4 Å². The summed E-state index contributed by atoms with van der Waals surface area (Å²) in [6.07, 6.45) is 0. The Balaban J connectivity index is 1.65. The van der Waals surface area contributed by atoms with Gasteiger partial charge >= 0.3 is 5.97 Å². The highest BCUT2D eigenvalue weighted by atomic mass is 32.2. The predicted molar refractivity (Wildman–Crippen MR) is 113 cm³/mol. The molecule has 0 aromatic heterocycles. The normalized spacial score (nSPS) is 14.3. The average molecular weight is 459 g/mol. The molecule has 0 bridgehead atoms. The second-order valence-electron chi connectivity index (χ2n) is 7.44. The first-order chi connectivity index (χ1) is 15.0. The lowest BCUT2D eigenvalue weighted by Gasteiger charge is -2.27.